The summed E-state index contributed by atoms with van der Waals surface area (Å²) in [5.74, 6) is -5.83. The average molecular weight is 823 g/mol. The van der Waals surface area contributed by atoms with Crippen molar-refractivity contribution in [3.8, 4) is 11.4 Å². The van der Waals surface area contributed by atoms with Crippen molar-refractivity contribution in [1.29, 1.82) is 0 Å². The van der Waals surface area contributed by atoms with Crippen LogP contribution in [-0.4, -0.2) is 119 Å². The van der Waals surface area contributed by atoms with Gasteiger partial charge in [0, 0.05) is 49.2 Å². The van der Waals surface area contributed by atoms with Gasteiger partial charge in [0.15, 0.2) is 12.2 Å². The van der Waals surface area contributed by atoms with E-state index >= 15 is 0 Å². The molecule has 3 aromatic carbocycles. The molecule has 59 heavy (non-hydrogen) atoms. The fraction of sp³-hybridized carbons (Fsp3) is 0.385. The number of aromatic nitrogens is 6. The molecule has 0 amide bonds. The zero-order valence-electron chi connectivity index (χ0n) is 32.1. The molecule has 0 spiro atoms. The van der Waals surface area contributed by atoms with E-state index < -0.39 is 47.7 Å². The molecule has 3 unspecified atom stereocenters. The van der Waals surface area contributed by atoms with E-state index in [4.69, 9.17) is 34.6 Å². The summed E-state index contributed by atoms with van der Waals surface area (Å²) in [6.45, 7) is 7.80. The van der Waals surface area contributed by atoms with E-state index in [1.165, 1.54) is 34.2 Å². The van der Waals surface area contributed by atoms with E-state index in [-0.39, 0.29) is 37.1 Å². The first-order valence-electron chi connectivity index (χ1n) is 18.7. The normalized spacial score (nSPS) is 19.4. The van der Waals surface area contributed by atoms with E-state index in [2.05, 4.69) is 37.1 Å². The zero-order chi connectivity index (χ0) is 42.3. The molecule has 2 aromatic heterocycles. The number of aliphatic hydroxyl groups excluding tert-OH is 2. The minimum atomic E-state index is -2.27. The Kier molecular flexibility index (Phi) is 13.3. The second kappa shape index (κ2) is 18.6. The predicted octanol–water partition coefficient (Wildman–Crippen LogP) is 2.43. The molecule has 2 aliphatic rings. The van der Waals surface area contributed by atoms with E-state index in [0.717, 1.165) is 55.7 Å². The number of carboxylic acids is 2. The molecule has 18 nitrogen and oxygen atoms in total. The lowest BCUT2D eigenvalue weighted by Gasteiger charge is -2.37. The molecule has 4 heterocycles. The summed E-state index contributed by atoms with van der Waals surface area (Å²) >= 11 is 0. The number of nitrogens with zero attached hydrogens (tertiary/aromatic N) is 8. The number of benzene rings is 3. The Morgan fingerprint density at radius 3 is 2.02 bits per heavy atom. The second-order valence-electron chi connectivity index (χ2n) is 13.9. The first-order valence-corrected chi connectivity index (χ1v) is 18.7. The second-order valence-corrected chi connectivity index (χ2v) is 13.9. The third-order valence-electron chi connectivity index (χ3n) is 9.96. The third kappa shape index (κ3) is 9.91. The molecule has 5 atom stereocenters. The Balaban J connectivity index is 0.000000520. The minimum Gasteiger partial charge on any atom is -0.491 e. The number of carbonyl (C=O) groups is 2. The molecule has 0 saturated carbocycles. The fourth-order valence-corrected chi connectivity index (χ4v) is 6.51. The molecule has 20 heteroatoms. The van der Waals surface area contributed by atoms with Gasteiger partial charge in [-0.05, 0) is 74.0 Å². The monoisotopic (exact) mass is 822 g/mol. The Morgan fingerprint density at radius 1 is 0.881 bits per heavy atom. The van der Waals surface area contributed by atoms with Gasteiger partial charge >= 0.3 is 17.6 Å². The maximum absolute atomic E-state index is 14.9. The number of anilines is 2. The summed E-state index contributed by atoms with van der Waals surface area (Å²) < 4.78 is 51.4. The first kappa shape index (κ1) is 42.4. The van der Waals surface area contributed by atoms with Crippen molar-refractivity contribution in [1.82, 2.24) is 29.1 Å². The number of hydrogen-bond donors (Lipinski definition) is 4. The lowest BCUT2D eigenvalue weighted by molar-refractivity contribution is -0.192. The van der Waals surface area contributed by atoms with Gasteiger partial charge in [0.1, 0.15) is 55.6 Å². The molecule has 2 fully saturated rings. The van der Waals surface area contributed by atoms with Gasteiger partial charge in [-0.25, -0.2) is 42.1 Å². The van der Waals surface area contributed by atoms with E-state index in [0.29, 0.717) is 5.75 Å². The highest BCUT2D eigenvalue weighted by atomic mass is 19.1. The molecule has 314 valence electrons. The molecule has 2 saturated heterocycles. The average Bonchev–Trinajstić information content (AvgIpc) is 4.01. The van der Waals surface area contributed by atoms with Crippen LogP contribution in [0, 0.1) is 11.6 Å². The van der Waals surface area contributed by atoms with Crippen LogP contribution >= 0.6 is 0 Å². The van der Waals surface area contributed by atoms with Crippen LogP contribution in [0.1, 0.15) is 31.9 Å². The van der Waals surface area contributed by atoms with Crippen molar-refractivity contribution in [2.75, 3.05) is 49.2 Å². The van der Waals surface area contributed by atoms with Gasteiger partial charge in [0.05, 0.1) is 18.3 Å². The summed E-state index contributed by atoms with van der Waals surface area (Å²) in [6, 6.07) is 19.3. The van der Waals surface area contributed by atoms with E-state index in [1.54, 1.807) is 10.9 Å². The number of aliphatic hydroxyl groups is 2. The Hall–Kier alpha value is -6.22. The van der Waals surface area contributed by atoms with Gasteiger partial charge in [-0.3, -0.25) is 0 Å². The number of aliphatic carboxylic acids is 2. The Labute approximate surface area is 336 Å². The Bertz CT molecular complexity index is 2210. The van der Waals surface area contributed by atoms with Crippen LogP contribution in [0.4, 0.5) is 20.2 Å². The molecule has 7 rings (SSSR count). The molecular formula is C39H44F2N8O10. The highest BCUT2D eigenvalue weighted by molar-refractivity contribution is 5.83. The zero-order valence-corrected chi connectivity index (χ0v) is 32.1. The highest BCUT2D eigenvalue weighted by Gasteiger charge is 2.46. The third-order valence-corrected chi connectivity index (χ3v) is 9.96. The van der Waals surface area contributed by atoms with E-state index in [1.807, 2.05) is 50.2 Å². The molecule has 0 radical (unpaired) electrons. The van der Waals surface area contributed by atoms with Gasteiger partial charge in [0.2, 0.25) is 5.79 Å². The van der Waals surface area contributed by atoms with Crippen LogP contribution in [0.2, 0.25) is 0 Å². The maximum Gasteiger partial charge on any atom is 0.350 e. The van der Waals surface area contributed by atoms with Crippen LogP contribution in [0.5, 0.6) is 5.75 Å². The van der Waals surface area contributed by atoms with Crippen LogP contribution in [0.3, 0.4) is 0 Å². The quantitative estimate of drug-likeness (QED) is 0.126. The van der Waals surface area contributed by atoms with Crippen molar-refractivity contribution in [2.24, 2.45) is 0 Å². The van der Waals surface area contributed by atoms with Crippen LogP contribution < -0.4 is 20.2 Å². The van der Waals surface area contributed by atoms with E-state index in [9.17, 15) is 23.2 Å². The van der Waals surface area contributed by atoms with Gasteiger partial charge < -0.3 is 44.4 Å². The van der Waals surface area contributed by atoms with Gasteiger partial charge in [-0.2, -0.15) is 10.2 Å². The molecule has 0 aliphatic carbocycles. The number of piperazine rings is 1. The number of rotatable bonds is 14. The number of ether oxygens (including phenoxy) is 3. The largest absolute Gasteiger partial charge is 0.491 e. The number of carboxylic acid groups (broad SMARTS) is 2. The molecule has 0 bridgehead atoms. The lowest BCUT2D eigenvalue weighted by atomic mass is 10.0. The molecule has 5 aromatic rings. The van der Waals surface area contributed by atoms with Crippen LogP contribution in [0.25, 0.3) is 5.69 Å². The predicted molar refractivity (Wildman–Crippen MR) is 205 cm³/mol. The SMILES string of the molecule is CCC(C)n1ncn(-c2ccc(N3CCN(c4ccc(OC[C@H]5CO[C@](Cn6cncn6)(c6ccc(F)cc6F)O5)cc4)CC3)cc2)c1=O.O=C(O)C(O)C(O)C(=O)O. The molecular weight excluding hydrogens is 778 g/mol. The van der Waals surface area contributed by atoms with Crippen molar-refractivity contribution in [2.45, 2.75) is 57.0 Å². The summed E-state index contributed by atoms with van der Waals surface area (Å²) in [5.41, 5.74) is 2.95. The summed E-state index contributed by atoms with van der Waals surface area (Å²) in [5, 5.41) is 40.9. The van der Waals surface area contributed by atoms with Crippen molar-refractivity contribution >= 4 is 23.3 Å². The summed E-state index contributed by atoms with van der Waals surface area (Å²) in [7, 11) is 0. The van der Waals surface area contributed by atoms with Crippen LogP contribution in [0.15, 0.2) is 90.5 Å². The summed E-state index contributed by atoms with van der Waals surface area (Å²) in [6.07, 6.45) is 0.233. The minimum absolute atomic E-state index is 0.0334. The first-order chi connectivity index (χ1) is 28.3. The molecule has 4 N–H and O–H groups in total. The number of halogens is 2. The smallest absolute Gasteiger partial charge is 0.350 e. The van der Waals surface area contributed by atoms with Crippen LogP contribution in [-0.2, 0) is 31.4 Å². The van der Waals surface area contributed by atoms with Crippen molar-refractivity contribution in [3.63, 3.8) is 0 Å². The van der Waals surface area contributed by atoms with Crippen molar-refractivity contribution < 1.29 is 53.0 Å². The highest BCUT2D eigenvalue weighted by Crippen LogP contribution is 2.38. The topological polar surface area (TPSA) is 220 Å². The molecule has 2 aliphatic heterocycles. The fourth-order valence-electron chi connectivity index (χ4n) is 6.51. The van der Waals surface area contributed by atoms with Gasteiger partial charge in [-0.15, -0.1) is 0 Å². The number of hydrogen-bond acceptors (Lipinski definition) is 13. The lowest BCUT2D eigenvalue weighted by Crippen LogP contribution is -2.46. The maximum atomic E-state index is 14.9. The van der Waals surface area contributed by atoms with Gasteiger partial charge in [-0.1, -0.05) is 6.92 Å². The standard InChI is InChI=1S/C35H38F2N8O4.C4H6O6/c1-3-25(2)45-34(46)44(24-40-45)29-7-5-27(6-8-29)41-14-16-42(17-15-41)28-9-11-30(12-10-28)47-19-31-20-48-35(49-31,21-43-23-38-22-39-43)32-13-4-26(36)18-33(32)37;5-1(3(7)8)2(6)4(9)10/h4-13,18,22-25,31H,3,14-17,19-21H2,1-2H3;1-2,5-6H,(H,7,8)(H,9,10)/t25?,31-,35-;/m0./s1. The Morgan fingerprint density at radius 2 is 1.47 bits per heavy atom. The van der Waals surface area contributed by atoms with Crippen molar-refractivity contribution in [3.05, 3.63) is 113 Å². The summed E-state index contributed by atoms with van der Waals surface area (Å²) in [4.78, 5) is 41.0. The van der Waals surface area contributed by atoms with Gasteiger partial charge in [0.25, 0.3) is 0 Å².